The van der Waals surface area contributed by atoms with Crippen molar-refractivity contribution in [3.8, 4) is 6.07 Å². The molecule has 1 saturated carbocycles. The number of rotatable bonds is 6. The van der Waals surface area contributed by atoms with Crippen molar-refractivity contribution < 1.29 is 23.9 Å². The van der Waals surface area contributed by atoms with Gasteiger partial charge in [0, 0.05) is 6.54 Å². The molecule has 0 aromatic rings. The molecule has 0 bridgehead atoms. The minimum absolute atomic E-state index is 0.166. The van der Waals surface area contributed by atoms with Gasteiger partial charge >= 0.3 is 5.97 Å². The molecule has 0 spiro atoms. The van der Waals surface area contributed by atoms with Crippen molar-refractivity contribution in [2.75, 3.05) is 19.7 Å². The van der Waals surface area contributed by atoms with Crippen molar-refractivity contribution in [3.63, 3.8) is 0 Å². The summed E-state index contributed by atoms with van der Waals surface area (Å²) in [4.78, 5) is 48.4. The maximum atomic E-state index is 12.2. The number of carbonyl (C=O) groups excluding carboxylic acids is 4. The van der Waals surface area contributed by atoms with E-state index in [4.69, 9.17) is 10.00 Å². The van der Waals surface area contributed by atoms with Gasteiger partial charge in [-0.25, -0.2) is 0 Å². The van der Waals surface area contributed by atoms with Crippen molar-refractivity contribution in [3.05, 3.63) is 0 Å². The van der Waals surface area contributed by atoms with Crippen LogP contribution in [0.15, 0.2) is 0 Å². The smallest absolute Gasteiger partial charge is 0.326 e. The molecule has 2 aliphatic rings. The number of likely N-dealkylation sites (tertiary alicyclic amines) is 1. The normalized spacial score (nSPS) is 23.2. The molecule has 0 radical (unpaired) electrons. The summed E-state index contributed by atoms with van der Waals surface area (Å²) < 4.78 is 4.77. The van der Waals surface area contributed by atoms with Gasteiger partial charge in [-0.15, -0.1) is 0 Å². The molecule has 3 amide bonds. The van der Waals surface area contributed by atoms with Crippen molar-refractivity contribution in [2.45, 2.75) is 32.1 Å². The first-order valence-electron chi connectivity index (χ1n) is 7.69. The topological polar surface area (TPSA) is 117 Å². The van der Waals surface area contributed by atoms with E-state index < -0.39 is 25.0 Å². The number of esters is 1. The molecule has 1 heterocycles. The molecule has 2 atom stereocenters. The van der Waals surface area contributed by atoms with Gasteiger partial charge in [-0.05, 0) is 12.8 Å². The third-order valence-electron chi connectivity index (χ3n) is 4.14. The number of imide groups is 1. The molecule has 8 heteroatoms. The summed E-state index contributed by atoms with van der Waals surface area (Å²) in [6, 6.07) is 1.87. The van der Waals surface area contributed by atoms with E-state index in [2.05, 4.69) is 5.32 Å². The highest BCUT2D eigenvalue weighted by atomic mass is 16.5. The monoisotopic (exact) mass is 321 g/mol. The summed E-state index contributed by atoms with van der Waals surface area (Å²) in [5.74, 6) is -2.55. The summed E-state index contributed by atoms with van der Waals surface area (Å²) >= 11 is 0. The molecular formula is C15H19N3O5. The van der Waals surface area contributed by atoms with Crippen molar-refractivity contribution >= 4 is 23.7 Å². The van der Waals surface area contributed by atoms with Crippen LogP contribution in [0.5, 0.6) is 0 Å². The summed E-state index contributed by atoms with van der Waals surface area (Å²) in [6.45, 7) is -0.761. The van der Waals surface area contributed by atoms with Crippen LogP contribution < -0.4 is 5.32 Å². The summed E-state index contributed by atoms with van der Waals surface area (Å²) in [5, 5.41) is 10.7. The molecule has 1 aliphatic heterocycles. The van der Waals surface area contributed by atoms with Gasteiger partial charge in [0.1, 0.15) is 6.54 Å². The van der Waals surface area contributed by atoms with Gasteiger partial charge in [0.2, 0.25) is 11.8 Å². The fourth-order valence-electron chi connectivity index (χ4n) is 3.02. The molecule has 1 N–H and O–H groups in total. The molecule has 2 rings (SSSR count). The Labute approximate surface area is 133 Å². The van der Waals surface area contributed by atoms with Crippen LogP contribution in [0.2, 0.25) is 0 Å². The first kappa shape index (κ1) is 16.9. The predicted molar refractivity (Wildman–Crippen MR) is 76.4 cm³/mol. The minimum Gasteiger partial charge on any atom is -0.454 e. The third kappa shape index (κ3) is 4.06. The zero-order chi connectivity index (χ0) is 16.8. The lowest BCUT2D eigenvalue weighted by Crippen LogP contribution is -2.38. The Morgan fingerprint density at radius 2 is 1.83 bits per heavy atom. The molecule has 0 unspecified atom stereocenters. The highest BCUT2D eigenvalue weighted by Gasteiger charge is 2.48. The lowest BCUT2D eigenvalue weighted by atomic mass is 9.81. The van der Waals surface area contributed by atoms with E-state index in [1.807, 2.05) is 6.07 Å². The van der Waals surface area contributed by atoms with Gasteiger partial charge < -0.3 is 10.1 Å². The van der Waals surface area contributed by atoms with E-state index >= 15 is 0 Å². The van der Waals surface area contributed by atoms with Crippen LogP contribution in [0.4, 0.5) is 0 Å². The predicted octanol–water partition coefficient (Wildman–Crippen LogP) is -0.265. The van der Waals surface area contributed by atoms with Crippen LogP contribution in [-0.4, -0.2) is 48.3 Å². The van der Waals surface area contributed by atoms with Crippen LogP contribution in [0.25, 0.3) is 0 Å². The molecular weight excluding hydrogens is 302 g/mol. The van der Waals surface area contributed by atoms with Crippen molar-refractivity contribution in [2.24, 2.45) is 11.8 Å². The van der Waals surface area contributed by atoms with Gasteiger partial charge in [-0.2, -0.15) is 5.26 Å². The van der Waals surface area contributed by atoms with Crippen molar-refractivity contribution in [1.82, 2.24) is 10.2 Å². The second kappa shape index (κ2) is 7.72. The molecule has 124 valence electrons. The zero-order valence-electron chi connectivity index (χ0n) is 12.7. The average Bonchev–Trinajstić information content (AvgIpc) is 2.79. The molecule has 2 fully saturated rings. The highest BCUT2D eigenvalue weighted by Crippen LogP contribution is 2.37. The Morgan fingerprint density at radius 3 is 2.39 bits per heavy atom. The van der Waals surface area contributed by atoms with E-state index in [-0.39, 0.29) is 36.6 Å². The number of fused-ring (bicyclic) bond motifs is 1. The Bertz CT molecular complexity index is 530. The van der Waals surface area contributed by atoms with Crippen LogP contribution in [0.1, 0.15) is 32.1 Å². The third-order valence-corrected chi connectivity index (χ3v) is 4.14. The highest BCUT2D eigenvalue weighted by molar-refractivity contribution is 6.07. The molecule has 23 heavy (non-hydrogen) atoms. The van der Waals surface area contributed by atoms with Gasteiger partial charge in [-0.3, -0.25) is 24.1 Å². The number of amides is 3. The Hall–Kier alpha value is -2.43. The number of ether oxygens (including phenoxy) is 1. The standard InChI is InChI=1S/C15H19N3O5/c16-6-3-7-17-12(19)9-23-13(20)8-18-14(21)10-4-1-2-5-11(10)15(18)22/h10-11H,1-5,7-9H2,(H,17,19)/t10-,11+. The number of nitrogens with one attached hydrogen (secondary N) is 1. The second-order valence-corrected chi connectivity index (χ2v) is 5.68. The largest absolute Gasteiger partial charge is 0.454 e. The summed E-state index contributed by atoms with van der Waals surface area (Å²) in [7, 11) is 0. The maximum absolute atomic E-state index is 12.2. The average molecular weight is 321 g/mol. The van der Waals surface area contributed by atoms with E-state index in [1.54, 1.807) is 0 Å². The van der Waals surface area contributed by atoms with E-state index in [0.717, 1.165) is 17.7 Å². The van der Waals surface area contributed by atoms with Crippen LogP contribution in [-0.2, 0) is 23.9 Å². The number of hydrogen-bond donors (Lipinski definition) is 1. The van der Waals surface area contributed by atoms with E-state index in [1.165, 1.54) is 0 Å². The van der Waals surface area contributed by atoms with Gasteiger partial charge in [0.15, 0.2) is 6.61 Å². The molecule has 0 aromatic heterocycles. The van der Waals surface area contributed by atoms with Gasteiger partial charge in [0.25, 0.3) is 5.91 Å². The Balaban J connectivity index is 1.79. The SMILES string of the molecule is N#CCCNC(=O)COC(=O)CN1C(=O)[C@H]2CCCC[C@H]2C1=O. The quantitative estimate of drug-likeness (QED) is 0.409. The number of nitriles is 1. The van der Waals surface area contributed by atoms with Gasteiger partial charge in [0.05, 0.1) is 24.3 Å². The fraction of sp³-hybridized carbons (Fsp3) is 0.667. The second-order valence-electron chi connectivity index (χ2n) is 5.68. The zero-order valence-corrected chi connectivity index (χ0v) is 12.7. The van der Waals surface area contributed by atoms with Crippen LogP contribution in [0.3, 0.4) is 0 Å². The summed E-state index contributed by atoms with van der Waals surface area (Å²) in [5.41, 5.74) is 0. The van der Waals surface area contributed by atoms with Gasteiger partial charge in [-0.1, -0.05) is 12.8 Å². The number of nitrogens with zero attached hydrogens (tertiary/aromatic N) is 2. The number of carbonyl (C=O) groups is 4. The van der Waals surface area contributed by atoms with E-state index in [0.29, 0.717) is 12.8 Å². The first-order valence-corrected chi connectivity index (χ1v) is 7.69. The molecule has 0 aromatic carbocycles. The maximum Gasteiger partial charge on any atom is 0.326 e. The molecule has 8 nitrogen and oxygen atoms in total. The van der Waals surface area contributed by atoms with E-state index in [9.17, 15) is 19.2 Å². The summed E-state index contributed by atoms with van der Waals surface area (Å²) in [6.07, 6.45) is 3.37. The fourth-order valence-corrected chi connectivity index (χ4v) is 3.02. The Kier molecular flexibility index (Phi) is 5.68. The minimum atomic E-state index is -0.791. The lowest BCUT2D eigenvalue weighted by Gasteiger charge is -2.19. The van der Waals surface area contributed by atoms with Crippen LogP contribution in [0, 0.1) is 23.2 Å². The Morgan fingerprint density at radius 1 is 1.22 bits per heavy atom. The first-order chi connectivity index (χ1) is 11.0. The molecule has 1 aliphatic carbocycles. The van der Waals surface area contributed by atoms with Crippen LogP contribution >= 0.6 is 0 Å². The lowest BCUT2D eigenvalue weighted by molar-refractivity contribution is -0.154. The number of hydrogen-bond acceptors (Lipinski definition) is 6. The van der Waals surface area contributed by atoms with Crippen molar-refractivity contribution in [1.29, 1.82) is 5.26 Å². The molecule has 1 saturated heterocycles.